The van der Waals surface area contributed by atoms with Crippen LogP contribution in [0.2, 0.25) is 0 Å². The third-order valence-electron chi connectivity index (χ3n) is 8.32. The Morgan fingerprint density at radius 2 is 1.14 bits per heavy atom. The zero-order valence-electron chi connectivity index (χ0n) is 21.0. The van der Waals surface area contributed by atoms with E-state index in [0.717, 1.165) is 36.1 Å². The van der Waals surface area contributed by atoms with E-state index in [0.29, 0.717) is 12.1 Å². The van der Waals surface area contributed by atoms with E-state index in [2.05, 4.69) is 82.4 Å². The second-order valence-electron chi connectivity index (χ2n) is 10.6. The first-order valence-electron chi connectivity index (χ1n) is 13.1. The summed E-state index contributed by atoms with van der Waals surface area (Å²) >= 11 is 0. The predicted octanol–water partition coefficient (Wildman–Crippen LogP) is 6.31. The van der Waals surface area contributed by atoms with Crippen LogP contribution in [-0.2, 0) is 0 Å². The van der Waals surface area contributed by atoms with Gasteiger partial charge < -0.3 is 9.97 Å². The minimum absolute atomic E-state index is 0.405. The summed E-state index contributed by atoms with van der Waals surface area (Å²) in [7, 11) is 4.37. The average Bonchev–Trinajstić information content (AvgIpc) is 3.70. The third kappa shape index (κ3) is 3.64. The van der Waals surface area contributed by atoms with Gasteiger partial charge in [0.1, 0.15) is 11.6 Å². The molecule has 2 aliphatic heterocycles. The summed E-state index contributed by atoms with van der Waals surface area (Å²) < 4.78 is 0. The fourth-order valence-electron chi connectivity index (χ4n) is 6.22. The molecule has 182 valence electrons. The summed E-state index contributed by atoms with van der Waals surface area (Å²) in [5.74, 6) is 2.16. The minimum Gasteiger partial charge on any atom is -0.341 e. The number of H-pyrrole nitrogens is 2. The quantitative estimate of drug-likeness (QED) is 0.299. The van der Waals surface area contributed by atoms with Crippen LogP contribution in [-0.4, -0.2) is 56.9 Å². The van der Waals surface area contributed by atoms with Crippen LogP contribution in [0.15, 0.2) is 60.9 Å². The molecule has 2 N–H and O–H groups in total. The molecule has 0 unspecified atom stereocenters. The van der Waals surface area contributed by atoms with Crippen LogP contribution in [0, 0.1) is 0 Å². The number of rotatable bonds is 4. The van der Waals surface area contributed by atoms with E-state index in [1.807, 2.05) is 12.4 Å². The lowest BCUT2D eigenvalue weighted by Crippen LogP contribution is -2.18. The summed E-state index contributed by atoms with van der Waals surface area (Å²) in [4.78, 5) is 21.4. The van der Waals surface area contributed by atoms with Crippen LogP contribution in [0.3, 0.4) is 0 Å². The fraction of sp³-hybridized carbons (Fsp3) is 0.333. The highest BCUT2D eigenvalue weighted by atomic mass is 15.2. The molecule has 2 aromatic heterocycles. The molecule has 6 heteroatoms. The summed E-state index contributed by atoms with van der Waals surface area (Å²) in [6, 6.07) is 18.8. The maximum atomic E-state index is 4.72. The van der Waals surface area contributed by atoms with Crippen molar-refractivity contribution in [3.8, 4) is 22.5 Å². The number of likely N-dealkylation sites (tertiary alicyclic amines) is 2. The van der Waals surface area contributed by atoms with E-state index in [1.54, 1.807) is 0 Å². The van der Waals surface area contributed by atoms with Crippen LogP contribution in [0.1, 0.15) is 49.4 Å². The number of hydrogen-bond acceptors (Lipinski definition) is 4. The molecule has 5 aromatic rings. The number of nitrogens with one attached hydrogen (secondary N) is 2. The summed E-state index contributed by atoms with van der Waals surface area (Å²) in [5, 5.41) is 5.04. The van der Waals surface area contributed by atoms with Gasteiger partial charge in [-0.25, -0.2) is 9.97 Å². The number of fused-ring (bicyclic) bond motifs is 3. The van der Waals surface area contributed by atoms with Gasteiger partial charge in [0.2, 0.25) is 0 Å². The van der Waals surface area contributed by atoms with E-state index in [1.165, 1.54) is 58.4 Å². The Bertz CT molecular complexity index is 1450. The Labute approximate surface area is 211 Å². The van der Waals surface area contributed by atoms with Crippen LogP contribution in [0.4, 0.5) is 0 Å². The first-order chi connectivity index (χ1) is 17.6. The smallest absolute Gasteiger partial charge is 0.123 e. The lowest BCUT2D eigenvalue weighted by molar-refractivity contribution is 0.307. The van der Waals surface area contributed by atoms with Crippen molar-refractivity contribution in [3.05, 3.63) is 72.6 Å². The van der Waals surface area contributed by atoms with Crippen molar-refractivity contribution in [1.29, 1.82) is 0 Å². The Morgan fingerprint density at radius 1 is 0.667 bits per heavy atom. The van der Waals surface area contributed by atoms with Gasteiger partial charge in [0.15, 0.2) is 0 Å². The van der Waals surface area contributed by atoms with Gasteiger partial charge in [-0.3, -0.25) is 9.80 Å². The standard InChI is InChI=1S/C30H32N6/c1-35-13-3-5-27(35)29-31-17-25(33-29)21-9-11-23-19(15-21)7-8-20-16-22(10-12-24(20)23)26-18-32-30(34-26)28-6-4-14-36(28)2/h7-12,15-18,27-28H,3-6,13-14H2,1-2H3,(H,31,33)(H,32,34)/t27-,28-/m0/s1. The SMILES string of the molecule is CN1CCC[C@H]1c1ncc(-c2ccc3c(ccc4cc(-c5cnc([C@@H]6CCCN6C)[nH]5)ccc43)c2)[nH]1. The molecule has 6 nitrogen and oxygen atoms in total. The largest absolute Gasteiger partial charge is 0.341 e. The van der Waals surface area contributed by atoms with Crippen molar-refractivity contribution in [1.82, 2.24) is 29.7 Å². The molecule has 36 heavy (non-hydrogen) atoms. The highest BCUT2D eigenvalue weighted by molar-refractivity contribution is 6.09. The lowest BCUT2D eigenvalue weighted by Gasteiger charge is -2.16. The van der Waals surface area contributed by atoms with Gasteiger partial charge in [-0.15, -0.1) is 0 Å². The van der Waals surface area contributed by atoms with E-state index in [9.17, 15) is 0 Å². The topological polar surface area (TPSA) is 63.8 Å². The van der Waals surface area contributed by atoms with Gasteiger partial charge in [0.05, 0.1) is 35.9 Å². The Balaban J connectivity index is 1.20. The van der Waals surface area contributed by atoms with Crippen molar-refractivity contribution in [2.75, 3.05) is 27.2 Å². The zero-order chi connectivity index (χ0) is 24.2. The number of benzene rings is 3. The number of hydrogen-bond donors (Lipinski definition) is 2. The lowest BCUT2D eigenvalue weighted by atomic mass is 9.97. The molecule has 0 amide bonds. The second kappa shape index (κ2) is 8.57. The molecule has 2 fully saturated rings. The zero-order valence-corrected chi connectivity index (χ0v) is 21.0. The molecule has 0 bridgehead atoms. The third-order valence-corrected chi connectivity index (χ3v) is 8.32. The number of nitrogens with zero attached hydrogens (tertiary/aromatic N) is 4. The number of imidazole rings is 2. The molecular formula is C30H32N6. The molecule has 4 heterocycles. The van der Waals surface area contributed by atoms with Crippen LogP contribution in [0.25, 0.3) is 44.1 Å². The monoisotopic (exact) mass is 476 g/mol. The van der Waals surface area contributed by atoms with Gasteiger partial charge in [0, 0.05) is 11.1 Å². The molecule has 3 aromatic carbocycles. The highest BCUT2D eigenvalue weighted by Gasteiger charge is 2.26. The normalized spacial score (nSPS) is 21.3. The van der Waals surface area contributed by atoms with Gasteiger partial charge in [-0.1, -0.05) is 36.4 Å². The maximum absolute atomic E-state index is 4.72. The van der Waals surface area contributed by atoms with Crippen molar-refractivity contribution < 1.29 is 0 Å². The molecule has 0 aliphatic carbocycles. The highest BCUT2D eigenvalue weighted by Crippen LogP contribution is 2.34. The number of aromatic nitrogens is 4. The van der Waals surface area contributed by atoms with Crippen molar-refractivity contribution in [3.63, 3.8) is 0 Å². The van der Waals surface area contributed by atoms with Crippen molar-refractivity contribution in [2.24, 2.45) is 0 Å². The molecule has 0 saturated carbocycles. The molecule has 2 aliphatic rings. The van der Waals surface area contributed by atoms with Crippen LogP contribution >= 0.6 is 0 Å². The Morgan fingerprint density at radius 3 is 1.56 bits per heavy atom. The van der Waals surface area contributed by atoms with Crippen molar-refractivity contribution in [2.45, 2.75) is 37.8 Å². The first-order valence-corrected chi connectivity index (χ1v) is 13.1. The molecule has 2 atom stereocenters. The molecule has 2 saturated heterocycles. The molecule has 0 spiro atoms. The summed E-state index contributed by atoms with van der Waals surface area (Å²) in [6.07, 6.45) is 8.79. The van der Waals surface area contributed by atoms with E-state index >= 15 is 0 Å². The Kier molecular flexibility index (Phi) is 5.19. The van der Waals surface area contributed by atoms with Gasteiger partial charge in [-0.2, -0.15) is 0 Å². The second-order valence-corrected chi connectivity index (χ2v) is 10.6. The minimum atomic E-state index is 0.405. The van der Waals surface area contributed by atoms with Gasteiger partial charge in [-0.05, 0) is 86.5 Å². The van der Waals surface area contributed by atoms with E-state index < -0.39 is 0 Å². The number of aromatic amines is 2. The summed E-state index contributed by atoms with van der Waals surface area (Å²) in [5.41, 5.74) is 4.54. The van der Waals surface area contributed by atoms with Crippen LogP contribution < -0.4 is 0 Å². The molecule has 7 rings (SSSR count). The van der Waals surface area contributed by atoms with Crippen molar-refractivity contribution >= 4 is 21.5 Å². The average molecular weight is 477 g/mol. The van der Waals surface area contributed by atoms with Crippen LogP contribution in [0.5, 0.6) is 0 Å². The summed E-state index contributed by atoms with van der Waals surface area (Å²) in [6.45, 7) is 2.29. The fourth-order valence-corrected chi connectivity index (χ4v) is 6.22. The maximum Gasteiger partial charge on any atom is 0.123 e. The van der Waals surface area contributed by atoms with E-state index in [-0.39, 0.29) is 0 Å². The van der Waals surface area contributed by atoms with Gasteiger partial charge in [0.25, 0.3) is 0 Å². The first kappa shape index (κ1) is 21.8. The van der Waals surface area contributed by atoms with Gasteiger partial charge >= 0.3 is 0 Å². The Hall–Kier alpha value is -3.48. The van der Waals surface area contributed by atoms with E-state index in [4.69, 9.17) is 9.97 Å². The molecule has 0 radical (unpaired) electrons. The predicted molar refractivity (Wildman–Crippen MR) is 146 cm³/mol. The molecular weight excluding hydrogens is 444 g/mol.